The summed E-state index contributed by atoms with van der Waals surface area (Å²) in [4.78, 5) is 12.0. The summed E-state index contributed by atoms with van der Waals surface area (Å²) in [6, 6.07) is 3.63. The largest absolute Gasteiger partial charge is 0.478 e. The predicted octanol–water partition coefficient (Wildman–Crippen LogP) is 1.30. The summed E-state index contributed by atoms with van der Waals surface area (Å²) in [6.07, 6.45) is 0. The van der Waals surface area contributed by atoms with E-state index in [2.05, 4.69) is 10.2 Å². The molecular formula is C11H13N3O4S2. The third-order valence-corrected chi connectivity index (χ3v) is 5.34. The Hall–Kier alpha value is -1.71. The van der Waals surface area contributed by atoms with Crippen LogP contribution in [0.4, 0.5) is 0 Å². The summed E-state index contributed by atoms with van der Waals surface area (Å²) in [7, 11) is -2.56. The summed E-state index contributed by atoms with van der Waals surface area (Å²) in [5.41, 5.74) is -0.108. The molecule has 0 aliphatic carbocycles. The molecule has 0 atom stereocenters. The van der Waals surface area contributed by atoms with Gasteiger partial charge in [0.2, 0.25) is 5.03 Å². The molecule has 0 aromatic carbocycles. The first-order chi connectivity index (χ1) is 9.34. The molecule has 0 unspecified atom stereocenters. The van der Waals surface area contributed by atoms with E-state index in [-0.39, 0.29) is 17.8 Å². The van der Waals surface area contributed by atoms with E-state index in [0.29, 0.717) is 0 Å². The minimum absolute atomic E-state index is 0.172. The lowest BCUT2D eigenvalue weighted by Crippen LogP contribution is -2.27. The van der Waals surface area contributed by atoms with Crippen molar-refractivity contribution in [2.24, 2.45) is 0 Å². The van der Waals surface area contributed by atoms with E-state index in [1.54, 1.807) is 0 Å². The van der Waals surface area contributed by atoms with E-state index in [1.165, 1.54) is 25.3 Å². The molecule has 0 spiro atoms. The van der Waals surface area contributed by atoms with Crippen LogP contribution in [-0.2, 0) is 16.6 Å². The number of carbonyl (C=O) groups is 1. The van der Waals surface area contributed by atoms with Crippen molar-refractivity contribution >= 4 is 27.3 Å². The normalized spacial score (nSPS) is 11.9. The van der Waals surface area contributed by atoms with Crippen LogP contribution < -0.4 is 0 Å². The third kappa shape index (κ3) is 2.60. The van der Waals surface area contributed by atoms with Crippen molar-refractivity contribution < 1.29 is 18.3 Å². The molecule has 2 aromatic heterocycles. The number of aryl methyl sites for hydroxylation is 1. The van der Waals surface area contributed by atoms with Gasteiger partial charge in [-0.1, -0.05) is 6.07 Å². The second kappa shape index (κ2) is 5.35. The summed E-state index contributed by atoms with van der Waals surface area (Å²) in [5, 5.41) is 16.5. The molecule has 0 saturated carbocycles. The highest BCUT2D eigenvalue weighted by molar-refractivity contribution is 7.89. The van der Waals surface area contributed by atoms with Crippen LogP contribution in [0.2, 0.25) is 0 Å². The number of thiophene rings is 1. The second-order valence-corrected chi connectivity index (χ2v) is 7.17. The van der Waals surface area contributed by atoms with Crippen LogP contribution in [-0.4, -0.2) is 41.0 Å². The number of nitrogens with zero attached hydrogens (tertiary/aromatic N) is 2. The Morgan fingerprint density at radius 1 is 1.55 bits per heavy atom. The lowest BCUT2D eigenvalue weighted by atomic mass is 10.3. The van der Waals surface area contributed by atoms with Gasteiger partial charge in [0.05, 0.1) is 0 Å². The second-order valence-electron chi connectivity index (χ2n) is 4.17. The molecule has 7 nitrogen and oxygen atoms in total. The van der Waals surface area contributed by atoms with E-state index in [4.69, 9.17) is 5.11 Å². The number of nitrogens with one attached hydrogen (secondary N) is 1. The van der Waals surface area contributed by atoms with E-state index < -0.39 is 21.0 Å². The molecule has 9 heteroatoms. The summed E-state index contributed by atoms with van der Waals surface area (Å²) < 4.78 is 25.8. The first-order valence-corrected chi connectivity index (χ1v) is 7.93. The average molecular weight is 315 g/mol. The Bertz CT molecular complexity index is 719. The topological polar surface area (TPSA) is 103 Å². The van der Waals surface area contributed by atoms with Gasteiger partial charge in [-0.3, -0.25) is 5.10 Å². The molecule has 2 heterocycles. The number of carboxylic acid groups (broad SMARTS) is 1. The van der Waals surface area contributed by atoms with Gasteiger partial charge in [0.1, 0.15) is 5.56 Å². The van der Waals surface area contributed by atoms with Crippen molar-refractivity contribution in [3.63, 3.8) is 0 Å². The molecule has 0 aliphatic rings. The Balaban J connectivity index is 2.38. The van der Waals surface area contributed by atoms with Crippen LogP contribution in [0.5, 0.6) is 0 Å². The van der Waals surface area contributed by atoms with Gasteiger partial charge in [0, 0.05) is 24.2 Å². The van der Waals surface area contributed by atoms with Crippen molar-refractivity contribution in [1.29, 1.82) is 0 Å². The molecule has 0 bridgehead atoms. The van der Waals surface area contributed by atoms with Gasteiger partial charge in [0.15, 0.2) is 0 Å². The van der Waals surface area contributed by atoms with Crippen LogP contribution in [0.3, 0.4) is 0 Å². The van der Waals surface area contributed by atoms with Gasteiger partial charge >= 0.3 is 5.97 Å². The van der Waals surface area contributed by atoms with E-state index in [0.717, 1.165) is 9.18 Å². The number of rotatable bonds is 5. The summed E-state index contributed by atoms with van der Waals surface area (Å²) in [6.45, 7) is 1.64. The number of hydrogen-bond acceptors (Lipinski definition) is 5. The first-order valence-electron chi connectivity index (χ1n) is 5.61. The highest BCUT2D eigenvalue weighted by atomic mass is 32.2. The smallest absolute Gasteiger partial charge is 0.340 e. The zero-order chi connectivity index (χ0) is 14.9. The van der Waals surface area contributed by atoms with Crippen LogP contribution in [0.25, 0.3) is 0 Å². The van der Waals surface area contributed by atoms with Crippen molar-refractivity contribution in [2.75, 3.05) is 7.05 Å². The van der Waals surface area contributed by atoms with Crippen LogP contribution in [0, 0.1) is 6.92 Å². The molecule has 0 aliphatic heterocycles. The number of hydrogen-bond donors (Lipinski definition) is 2. The lowest BCUT2D eigenvalue weighted by Gasteiger charge is -2.15. The molecule has 0 fully saturated rings. The minimum Gasteiger partial charge on any atom is -0.478 e. The summed E-state index contributed by atoms with van der Waals surface area (Å²) in [5.74, 6) is -1.32. The molecule has 0 amide bonds. The van der Waals surface area contributed by atoms with Crippen molar-refractivity contribution in [3.8, 4) is 0 Å². The van der Waals surface area contributed by atoms with Gasteiger partial charge in [-0.15, -0.1) is 11.3 Å². The van der Waals surface area contributed by atoms with Gasteiger partial charge < -0.3 is 5.11 Å². The van der Waals surface area contributed by atoms with Gasteiger partial charge in [-0.2, -0.15) is 9.40 Å². The van der Waals surface area contributed by atoms with Gasteiger partial charge in [0.25, 0.3) is 10.0 Å². The fourth-order valence-corrected chi connectivity index (χ4v) is 3.80. The first kappa shape index (κ1) is 14.7. The molecule has 2 N–H and O–H groups in total. The lowest BCUT2D eigenvalue weighted by molar-refractivity contribution is 0.0691. The summed E-state index contributed by atoms with van der Waals surface area (Å²) >= 11 is 1.43. The molecule has 0 saturated heterocycles. The maximum atomic E-state index is 12.4. The molecule has 2 aromatic rings. The number of aromatic amines is 1. The Morgan fingerprint density at radius 2 is 2.25 bits per heavy atom. The monoisotopic (exact) mass is 315 g/mol. The van der Waals surface area contributed by atoms with E-state index in [1.807, 2.05) is 17.5 Å². The molecule has 108 valence electrons. The molecular weight excluding hydrogens is 302 g/mol. The number of carboxylic acids is 1. The van der Waals surface area contributed by atoms with E-state index >= 15 is 0 Å². The molecule has 0 radical (unpaired) electrons. The fourth-order valence-electron chi connectivity index (χ4n) is 1.70. The molecule has 20 heavy (non-hydrogen) atoms. The Kier molecular flexibility index (Phi) is 3.93. The van der Waals surface area contributed by atoms with Crippen LogP contribution in [0.15, 0.2) is 22.5 Å². The molecule has 2 rings (SSSR count). The number of sulfonamides is 1. The predicted molar refractivity (Wildman–Crippen MR) is 73.3 cm³/mol. The average Bonchev–Trinajstić information content (AvgIpc) is 2.98. The maximum absolute atomic E-state index is 12.4. The highest BCUT2D eigenvalue weighted by Gasteiger charge is 2.31. The maximum Gasteiger partial charge on any atom is 0.340 e. The quantitative estimate of drug-likeness (QED) is 0.865. The van der Waals surface area contributed by atoms with Gasteiger partial charge in [-0.25, -0.2) is 13.2 Å². The number of H-pyrrole nitrogens is 1. The number of aromatic carboxylic acids is 1. The third-order valence-electron chi connectivity index (χ3n) is 2.74. The minimum atomic E-state index is -3.95. The Labute approximate surface area is 119 Å². The zero-order valence-electron chi connectivity index (χ0n) is 10.8. The van der Waals surface area contributed by atoms with E-state index in [9.17, 15) is 13.2 Å². The van der Waals surface area contributed by atoms with Crippen LogP contribution in [0.1, 0.15) is 20.9 Å². The fraction of sp³-hybridized carbons (Fsp3) is 0.273. The SMILES string of the molecule is Cc1[nH]nc(S(=O)(=O)N(C)Cc2cccs2)c1C(=O)O. The zero-order valence-corrected chi connectivity index (χ0v) is 12.5. The number of aromatic nitrogens is 2. The van der Waals surface area contributed by atoms with Crippen molar-refractivity contribution in [2.45, 2.75) is 18.5 Å². The van der Waals surface area contributed by atoms with Crippen molar-refractivity contribution in [1.82, 2.24) is 14.5 Å². The van der Waals surface area contributed by atoms with Crippen LogP contribution >= 0.6 is 11.3 Å². The van der Waals surface area contributed by atoms with Crippen molar-refractivity contribution in [3.05, 3.63) is 33.6 Å². The Morgan fingerprint density at radius 3 is 2.80 bits per heavy atom. The van der Waals surface area contributed by atoms with Gasteiger partial charge in [-0.05, 0) is 18.4 Å². The highest BCUT2D eigenvalue weighted by Crippen LogP contribution is 2.22. The standard InChI is InChI=1S/C11H13N3O4S2/c1-7-9(11(15)16)10(13-12-7)20(17,18)14(2)6-8-4-3-5-19-8/h3-5H,6H2,1-2H3,(H,12,13)(H,15,16).